The molecule has 1 aliphatic rings. The predicted molar refractivity (Wildman–Crippen MR) is 84.4 cm³/mol. The molecule has 2 amide bonds. The Kier molecular flexibility index (Phi) is 6.10. The first-order valence-electron chi connectivity index (χ1n) is 7.64. The van der Waals surface area contributed by atoms with Gasteiger partial charge in [0.1, 0.15) is 6.61 Å². The van der Waals surface area contributed by atoms with Crippen LogP contribution in [0.4, 0.5) is 23.7 Å². The van der Waals surface area contributed by atoms with E-state index in [1.165, 1.54) is 12.1 Å². The van der Waals surface area contributed by atoms with Gasteiger partial charge in [-0.05, 0) is 31.0 Å². The fourth-order valence-corrected chi connectivity index (χ4v) is 2.65. The van der Waals surface area contributed by atoms with Crippen LogP contribution in [0.5, 0.6) is 0 Å². The summed E-state index contributed by atoms with van der Waals surface area (Å²) in [6.07, 6.45) is 2.43. The summed E-state index contributed by atoms with van der Waals surface area (Å²) in [6.45, 7) is 1.76. The summed E-state index contributed by atoms with van der Waals surface area (Å²) in [6, 6.07) is 4.19. The summed E-state index contributed by atoms with van der Waals surface area (Å²) in [5.41, 5.74) is -0.667. The lowest BCUT2D eigenvalue weighted by Gasteiger charge is -2.32. The molecule has 0 spiro atoms. The fourth-order valence-electron chi connectivity index (χ4n) is 2.65. The van der Waals surface area contributed by atoms with Crippen LogP contribution >= 0.6 is 0 Å². The molecule has 1 heterocycles. The molecule has 0 radical (unpaired) electrons. The molecule has 7 heteroatoms. The maximum absolute atomic E-state index is 12.7. The van der Waals surface area contributed by atoms with Crippen molar-refractivity contribution >= 4 is 11.7 Å². The molecule has 24 heavy (non-hydrogen) atoms. The number of carbonyl (C=O) groups excluding carboxylic acids is 1. The number of nitrogens with zero attached hydrogens (tertiary/aromatic N) is 1. The van der Waals surface area contributed by atoms with Crippen molar-refractivity contribution in [3.8, 4) is 12.3 Å². The number of nitrogens with one attached hydrogen (secondary N) is 1. The largest absolute Gasteiger partial charge is 0.416 e. The molecule has 0 bridgehead atoms. The zero-order valence-corrected chi connectivity index (χ0v) is 13.1. The Morgan fingerprint density at radius 1 is 1.46 bits per heavy atom. The van der Waals surface area contributed by atoms with Gasteiger partial charge in [0.2, 0.25) is 0 Å². The first-order valence-corrected chi connectivity index (χ1v) is 7.64. The van der Waals surface area contributed by atoms with Gasteiger partial charge in [-0.3, -0.25) is 0 Å². The van der Waals surface area contributed by atoms with Crippen LogP contribution in [-0.2, 0) is 10.9 Å². The number of carbonyl (C=O) groups is 1. The van der Waals surface area contributed by atoms with Crippen molar-refractivity contribution in [2.45, 2.75) is 19.0 Å². The van der Waals surface area contributed by atoms with Crippen molar-refractivity contribution in [1.82, 2.24) is 4.90 Å². The molecule has 1 aromatic carbocycles. The van der Waals surface area contributed by atoms with Gasteiger partial charge in [-0.15, -0.1) is 6.42 Å². The van der Waals surface area contributed by atoms with Gasteiger partial charge in [-0.1, -0.05) is 12.0 Å². The average molecular weight is 340 g/mol. The highest BCUT2D eigenvalue weighted by atomic mass is 19.4. The Bertz CT molecular complexity index is 611. The highest BCUT2D eigenvalue weighted by molar-refractivity contribution is 5.89. The first kappa shape index (κ1) is 18.1. The van der Waals surface area contributed by atoms with Crippen LogP contribution in [0.2, 0.25) is 0 Å². The third-order valence-electron chi connectivity index (χ3n) is 3.79. The minimum Gasteiger partial charge on any atom is -0.368 e. The van der Waals surface area contributed by atoms with Gasteiger partial charge in [0.05, 0.1) is 12.2 Å². The number of hydrogen-bond acceptors (Lipinski definition) is 2. The maximum Gasteiger partial charge on any atom is 0.416 e. The summed E-state index contributed by atoms with van der Waals surface area (Å²) < 4.78 is 43.4. The van der Waals surface area contributed by atoms with Crippen LogP contribution in [0.25, 0.3) is 0 Å². The molecule has 1 fully saturated rings. The number of amides is 2. The lowest BCUT2D eigenvalue weighted by atomic mass is 9.99. The molecule has 0 unspecified atom stereocenters. The van der Waals surface area contributed by atoms with Gasteiger partial charge in [0, 0.05) is 24.7 Å². The molecule has 0 aliphatic carbocycles. The van der Waals surface area contributed by atoms with E-state index in [2.05, 4.69) is 11.2 Å². The SMILES string of the molecule is C#CCOC[C@H]1CCCN(C(=O)Nc2cccc(C(F)(F)F)c2)C1. The summed E-state index contributed by atoms with van der Waals surface area (Å²) in [7, 11) is 0. The van der Waals surface area contributed by atoms with Crippen molar-refractivity contribution < 1.29 is 22.7 Å². The number of anilines is 1. The van der Waals surface area contributed by atoms with Gasteiger partial charge in [0.25, 0.3) is 0 Å². The second-order valence-electron chi connectivity index (χ2n) is 5.68. The molecule has 0 aromatic heterocycles. The number of ether oxygens (including phenoxy) is 1. The maximum atomic E-state index is 12.7. The standard InChI is InChI=1S/C17H19F3N2O2/c1-2-9-24-12-13-5-4-8-22(11-13)16(23)21-15-7-3-6-14(10-15)17(18,19)20/h1,3,6-7,10,13H,4-5,8-9,11-12H2,(H,21,23)/t13-/m0/s1. The van der Waals surface area contributed by atoms with Crippen LogP contribution in [0, 0.1) is 18.3 Å². The number of hydrogen-bond donors (Lipinski definition) is 1. The van der Waals surface area contributed by atoms with Crippen molar-refractivity contribution in [3.63, 3.8) is 0 Å². The lowest BCUT2D eigenvalue weighted by molar-refractivity contribution is -0.137. The average Bonchev–Trinajstić information content (AvgIpc) is 2.55. The number of halogens is 3. The van der Waals surface area contributed by atoms with E-state index in [0.29, 0.717) is 19.7 Å². The molecule has 1 saturated heterocycles. The smallest absolute Gasteiger partial charge is 0.368 e. The molecular weight excluding hydrogens is 321 g/mol. The second kappa shape index (κ2) is 8.06. The van der Waals surface area contributed by atoms with Crippen molar-refractivity contribution in [1.29, 1.82) is 0 Å². The summed E-state index contributed by atoms with van der Waals surface area (Å²) in [5, 5.41) is 2.53. The number of urea groups is 1. The third-order valence-corrected chi connectivity index (χ3v) is 3.79. The lowest BCUT2D eigenvalue weighted by Crippen LogP contribution is -2.43. The Morgan fingerprint density at radius 2 is 2.25 bits per heavy atom. The van der Waals surface area contributed by atoms with Gasteiger partial charge < -0.3 is 15.0 Å². The minimum absolute atomic E-state index is 0.125. The molecule has 130 valence electrons. The molecule has 2 rings (SSSR count). The van der Waals surface area contributed by atoms with Crippen LogP contribution in [0.3, 0.4) is 0 Å². The van der Waals surface area contributed by atoms with E-state index < -0.39 is 17.8 Å². The topological polar surface area (TPSA) is 41.6 Å². The van der Waals surface area contributed by atoms with Crippen LogP contribution in [0.15, 0.2) is 24.3 Å². The van der Waals surface area contributed by atoms with E-state index in [9.17, 15) is 18.0 Å². The molecule has 1 aromatic rings. The van der Waals surface area contributed by atoms with E-state index in [0.717, 1.165) is 25.0 Å². The van der Waals surface area contributed by atoms with E-state index in [4.69, 9.17) is 11.2 Å². The second-order valence-corrected chi connectivity index (χ2v) is 5.68. The van der Waals surface area contributed by atoms with Crippen LogP contribution < -0.4 is 5.32 Å². The Hall–Kier alpha value is -2.20. The number of rotatable bonds is 4. The number of likely N-dealkylation sites (tertiary alicyclic amines) is 1. The zero-order valence-electron chi connectivity index (χ0n) is 13.1. The molecular formula is C17H19F3N2O2. The summed E-state index contributed by atoms with van der Waals surface area (Å²) in [5.74, 6) is 2.56. The highest BCUT2D eigenvalue weighted by Crippen LogP contribution is 2.30. The number of terminal acetylenes is 1. The molecule has 1 N–H and O–H groups in total. The number of alkyl halides is 3. The van der Waals surface area contributed by atoms with Crippen molar-refractivity contribution in [2.75, 3.05) is 31.6 Å². The quantitative estimate of drug-likeness (QED) is 0.672. The minimum atomic E-state index is -4.44. The van der Waals surface area contributed by atoms with Crippen LogP contribution in [0.1, 0.15) is 18.4 Å². The molecule has 0 saturated carbocycles. The van der Waals surface area contributed by atoms with Crippen LogP contribution in [-0.4, -0.2) is 37.2 Å². The zero-order chi connectivity index (χ0) is 17.6. The fraction of sp³-hybridized carbons (Fsp3) is 0.471. The first-order chi connectivity index (χ1) is 11.4. The molecule has 1 aliphatic heterocycles. The van der Waals surface area contributed by atoms with E-state index in [-0.39, 0.29) is 18.2 Å². The third kappa shape index (κ3) is 5.17. The molecule has 4 nitrogen and oxygen atoms in total. The summed E-state index contributed by atoms with van der Waals surface area (Å²) in [4.78, 5) is 13.9. The monoisotopic (exact) mass is 340 g/mol. The van der Waals surface area contributed by atoms with Crippen molar-refractivity contribution in [3.05, 3.63) is 29.8 Å². The van der Waals surface area contributed by atoms with E-state index >= 15 is 0 Å². The van der Waals surface area contributed by atoms with Gasteiger partial charge in [-0.2, -0.15) is 13.2 Å². The molecule has 1 atom stereocenters. The number of benzene rings is 1. The predicted octanol–water partition coefficient (Wildman–Crippen LogP) is 3.60. The van der Waals surface area contributed by atoms with E-state index in [1.54, 1.807) is 4.90 Å². The Morgan fingerprint density at radius 3 is 2.96 bits per heavy atom. The van der Waals surface area contributed by atoms with Gasteiger partial charge in [0.15, 0.2) is 0 Å². The Labute approximate surface area is 139 Å². The highest BCUT2D eigenvalue weighted by Gasteiger charge is 2.31. The van der Waals surface area contributed by atoms with Gasteiger partial charge in [-0.25, -0.2) is 4.79 Å². The number of piperidine rings is 1. The Balaban J connectivity index is 1.93. The van der Waals surface area contributed by atoms with Gasteiger partial charge >= 0.3 is 12.2 Å². The van der Waals surface area contributed by atoms with Crippen molar-refractivity contribution in [2.24, 2.45) is 5.92 Å². The normalized spacial score (nSPS) is 18.1. The summed E-state index contributed by atoms with van der Waals surface area (Å²) >= 11 is 0. The van der Waals surface area contributed by atoms with E-state index in [1.807, 2.05) is 0 Å².